The summed E-state index contributed by atoms with van der Waals surface area (Å²) in [7, 11) is -3.57. The van der Waals surface area contributed by atoms with E-state index in [2.05, 4.69) is 31.0 Å². The minimum Gasteiger partial charge on any atom is -0.444 e. The number of nitrogens with one attached hydrogen (secondary N) is 2. The zero-order valence-electron chi connectivity index (χ0n) is 18.2. The first kappa shape index (κ1) is 24.4. The Balaban J connectivity index is 1.75. The number of rotatable bonds is 6. The predicted octanol–water partition coefficient (Wildman–Crippen LogP) is 6.23. The molecule has 1 fully saturated rings. The van der Waals surface area contributed by atoms with E-state index in [1.807, 2.05) is 24.3 Å². The monoisotopic (exact) mass is 571 g/mol. The van der Waals surface area contributed by atoms with Crippen LogP contribution in [0.4, 0.5) is 10.6 Å². The molecular weight excluding hydrogens is 550 g/mol. The summed E-state index contributed by atoms with van der Waals surface area (Å²) in [4.78, 5) is 17.5. The highest BCUT2D eigenvalue weighted by Gasteiger charge is 2.38. The summed E-state index contributed by atoms with van der Waals surface area (Å²) < 4.78 is 35.8. The van der Waals surface area contributed by atoms with Gasteiger partial charge in [-0.25, -0.2) is 22.9 Å². The van der Waals surface area contributed by atoms with Gasteiger partial charge in [-0.1, -0.05) is 23.7 Å². The van der Waals surface area contributed by atoms with Gasteiger partial charge in [-0.3, -0.25) is 5.32 Å². The molecule has 176 valence electrons. The van der Waals surface area contributed by atoms with Crippen molar-refractivity contribution in [2.45, 2.75) is 50.5 Å². The Bertz CT molecular complexity index is 1320. The number of amides is 1. The van der Waals surface area contributed by atoms with Gasteiger partial charge in [0.25, 0.3) is 0 Å². The van der Waals surface area contributed by atoms with Crippen molar-refractivity contribution < 1.29 is 17.9 Å². The molecule has 1 atom stereocenters. The maximum absolute atomic E-state index is 12.9. The molecule has 1 aromatic carbocycles. The van der Waals surface area contributed by atoms with Gasteiger partial charge in [0.15, 0.2) is 0 Å². The van der Waals surface area contributed by atoms with Crippen molar-refractivity contribution in [1.82, 2.24) is 9.71 Å². The Labute approximate surface area is 210 Å². The van der Waals surface area contributed by atoms with Crippen LogP contribution in [-0.4, -0.2) is 30.3 Å². The summed E-state index contributed by atoms with van der Waals surface area (Å²) in [5.41, 5.74) is -0.371. The number of sulfonamides is 1. The Morgan fingerprint density at radius 2 is 2.00 bits per heavy atom. The molecule has 4 rings (SSSR count). The fourth-order valence-electron chi connectivity index (χ4n) is 3.22. The number of hydrogen-bond acceptors (Lipinski definition) is 6. The number of pyridine rings is 1. The Kier molecular flexibility index (Phi) is 6.76. The molecular formula is C22H23BrClN3O4S2. The van der Waals surface area contributed by atoms with E-state index in [9.17, 15) is 13.2 Å². The number of nitrogens with zero attached hydrogens (tertiary/aromatic N) is 1. The summed E-state index contributed by atoms with van der Waals surface area (Å²) in [6.45, 7) is 5.28. The third kappa shape index (κ3) is 5.86. The first-order valence-electron chi connectivity index (χ1n) is 10.3. The molecule has 0 bridgehead atoms. The lowest BCUT2D eigenvalue weighted by Crippen LogP contribution is -2.32. The smallest absolute Gasteiger partial charge is 0.413 e. The molecule has 0 aliphatic heterocycles. The van der Waals surface area contributed by atoms with Crippen molar-refractivity contribution in [3.05, 3.63) is 56.5 Å². The van der Waals surface area contributed by atoms with E-state index < -0.39 is 33.0 Å². The van der Waals surface area contributed by atoms with Crippen LogP contribution in [0.1, 0.15) is 50.2 Å². The topological polar surface area (TPSA) is 97.4 Å². The van der Waals surface area contributed by atoms with Gasteiger partial charge in [0.2, 0.25) is 10.0 Å². The third-order valence-electron chi connectivity index (χ3n) is 4.82. The fraction of sp³-hybridized carbons (Fsp3) is 0.364. The SMILES string of the molecule is CC(C)(C)OC(=O)Nc1ccc(Cl)c(C(NS(=O)(=O)C2CC2)c2cc3cccc(Br)c3s2)n1. The molecule has 3 aromatic rings. The molecule has 11 heteroatoms. The minimum atomic E-state index is -3.57. The van der Waals surface area contributed by atoms with E-state index >= 15 is 0 Å². The van der Waals surface area contributed by atoms with E-state index in [-0.39, 0.29) is 10.8 Å². The highest BCUT2D eigenvalue weighted by Crippen LogP contribution is 2.40. The van der Waals surface area contributed by atoms with Crippen LogP contribution in [0.3, 0.4) is 0 Å². The highest BCUT2D eigenvalue weighted by molar-refractivity contribution is 9.10. The van der Waals surface area contributed by atoms with Gasteiger partial charge in [-0.05, 0) is 79.2 Å². The number of benzene rings is 1. The average molecular weight is 573 g/mol. The van der Waals surface area contributed by atoms with E-state index in [0.717, 1.165) is 19.4 Å². The molecule has 2 heterocycles. The first-order chi connectivity index (χ1) is 15.4. The summed E-state index contributed by atoms with van der Waals surface area (Å²) in [6.07, 6.45) is 0.590. The second-order valence-electron chi connectivity index (χ2n) is 8.79. The molecule has 1 amide bonds. The second-order valence-corrected chi connectivity index (χ2v) is 13.1. The maximum atomic E-state index is 12.9. The van der Waals surface area contributed by atoms with Crippen molar-refractivity contribution in [1.29, 1.82) is 0 Å². The fourth-order valence-corrected chi connectivity index (χ4v) is 6.77. The predicted molar refractivity (Wildman–Crippen MR) is 136 cm³/mol. The van der Waals surface area contributed by atoms with Gasteiger partial charge in [-0.15, -0.1) is 11.3 Å². The molecule has 1 aliphatic carbocycles. The summed E-state index contributed by atoms with van der Waals surface area (Å²) in [5, 5.41) is 3.43. The zero-order chi connectivity index (χ0) is 24.0. The molecule has 2 N–H and O–H groups in total. The van der Waals surface area contributed by atoms with Crippen LogP contribution in [0.25, 0.3) is 10.1 Å². The lowest BCUT2D eigenvalue weighted by atomic mass is 10.1. The van der Waals surface area contributed by atoms with Crippen molar-refractivity contribution in [2.75, 3.05) is 5.32 Å². The maximum Gasteiger partial charge on any atom is 0.413 e. The highest BCUT2D eigenvalue weighted by atomic mass is 79.9. The Hall–Kier alpha value is -1.72. The number of thiophene rings is 1. The van der Waals surface area contributed by atoms with Crippen molar-refractivity contribution in [2.24, 2.45) is 0 Å². The zero-order valence-corrected chi connectivity index (χ0v) is 22.2. The molecule has 1 saturated carbocycles. The van der Waals surface area contributed by atoms with Gasteiger partial charge in [0, 0.05) is 14.0 Å². The number of anilines is 1. The van der Waals surface area contributed by atoms with Gasteiger partial charge >= 0.3 is 6.09 Å². The van der Waals surface area contributed by atoms with Gasteiger partial charge in [0.05, 0.1) is 22.0 Å². The average Bonchev–Trinajstić information content (AvgIpc) is 3.47. The molecule has 1 aliphatic rings. The molecule has 0 saturated heterocycles. The molecule has 1 unspecified atom stereocenters. The van der Waals surface area contributed by atoms with Crippen LogP contribution in [-0.2, 0) is 14.8 Å². The lowest BCUT2D eigenvalue weighted by Gasteiger charge is -2.21. The van der Waals surface area contributed by atoms with Crippen LogP contribution >= 0.6 is 38.9 Å². The standard InChI is InChI=1S/C22H23BrClN3O4S2/c1-22(2,3)31-21(28)26-17-10-9-15(24)18(25-17)19(27-33(29,30)13-7-8-13)16-11-12-5-4-6-14(23)20(12)32-16/h4-6,9-11,13,19,27H,7-8H2,1-3H3,(H,25,26,28). The molecule has 0 radical (unpaired) electrons. The van der Waals surface area contributed by atoms with Crippen LogP contribution in [0.2, 0.25) is 5.02 Å². The quantitative estimate of drug-likeness (QED) is 0.365. The largest absolute Gasteiger partial charge is 0.444 e. The normalized spacial score (nSPS) is 15.4. The van der Waals surface area contributed by atoms with Crippen LogP contribution in [0.15, 0.2) is 40.9 Å². The second kappa shape index (κ2) is 9.14. The van der Waals surface area contributed by atoms with Crippen LogP contribution < -0.4 is 10.0 Å². The van der Waals surface area contributed by atoms with Gasteiger partial charge in [-0.2, -0.15) is 0 Å². The first-order valence-corrected chi connectivity index (χ1v) is 13.8. The number of carbonyl (C=O) groups is 1. The third-order valence-corrected chi connectivity index (χ3v) is 9.23. The Morgan fingerprint density at radius 1 is 1.27 bits per heavy atom. The number of halogens is 2. The number of fused-ring (bicyclic) bond motifs is 1. The summed E-state index contributed by atoms with van der Waals surface area (Å²) in [5.74, 6) is 0.210. The summed E-state index contributed by atoms with van der Waals surface area (Å²) in [6, 6.07) is 10.1. The van der Waals surface area contributed by atoms with E-state index in [1.165, 1.54) is 11.3 Å². The van der Waals surface area contributed by atoms with Gasteiger partial charge in [0.1, 0.15) is 11.4 Å². The van der Waals surface area contributed by atoms with Crippen LogP contribution in [0, 0.1) is 0 Å². The Morgan fingerprint density at radius 3 is 2.64 bits per heavy atom. The van der Waals surface area contributed by atoms with E-state index in [4.69, 9.17) is 16.3 Å². The molecule has 7 nitrogen and oxygen atoms in total. The number of carbonyl (C=O) groups excluding carboxylic acids is 1. The number of ether oxygens (including phenoxy) is 1. The van der Waals surface area contributed by atoms with E-state index in [0.29, 0.717) is 18.5 Å². The van der Waals surface area contributed by atoms with Gasteiger partial charge < -0.3 is 4.74 Å². The van der Waals surface area contributed by atoms with Crippen molar-refractivity contribution >= 4 is 70.9 Å². The van der Waals surface area contributed by atoms with Crippen molar-refractivity contribution in [3.8, 4) is 0 Å². The lowest BCUT2D eigenvalue weighted by molar-refractivity contribution is 0.0635. The molecule has 0 spiro atoms. The minimum absolute atomic E-state index is 0.210. The number of aromatic nitrogens is 1. The molecule has 2 aromatic heterocycles. The molecule has 33 heavy (non-hydrogen) atoms. The number of hydrogen-bond donors (Lipinski definition) is 2. The van der Waals surface area contributed by atoms with Crippen molar-refractivity contribution in [3.63, 3.8) is 0 Å². The summed E-state index contributed by atoms with van der Waals surface area (Å²) >= 11 is 11.5. The van der Waals surface area contributed by atoms with E-state index in [1.54, 1.807) is 32.9 Å². The van der Waals surface area contributed by atoms with Crippen LogP contribution in [0.5, 0.6) is 0 Å².